The van der Waals surface area contributed by atoms with E-state index >= 15 is 0 Å². The molecule has 136 valence electrons. The van der Waals surface area contributed by atoms with Crippen LogP contribution in [0.4, 0.5) is 0 Å². The molecule has 0 spiro atoms. The van der Waals surface area contributed by atoms with E-state index < -0.39 is 5.97 Å². The first-order chi connectivity index (χ1) is 12.0. The molecular formula is C24H28O2. The highest BCUT2D eigenvalue weighted by Gasteiger charge is 2.48. The van der Waals surface area contributed by atoms with Crippen LogP contribution in [0.3, 0.4) is 0 Å². The maximum atomic E-state index is 11.0. The Morgan fingerprint density at radius 3 is 2.04 bits per heavy atom. The van der Waals surface area contributed by atoms with Crippen LogP contribution >= 0.6 is 0 Å². The highest BCUT2D eigenvalue weighted by Crippen LogP contribution is 2.54. The van der Waals surface area contributed by atoms with E-state index in [2.05, 4.69) is 65.8 Å². The smallest absolute Gasteiger partial charge is 0.335 e. The van der Waals surface area contributed by atoms with Gasteiger partial charge in [0.15, 0.2) is 0 Å². The van der Waals surface area contributed by atoms with Crippen LogP contribution in [0.2, 0.25) is 0 Å². The third-order valence-corrected chi connectivity index (χ3v) is 6.57. The molecule has 1 aliphatic rings. The second kappa shape index (κ2) is 6.12. The minimum absolute atomic E-state index is 0.151. The molecule has 1 N–H and O–H groups in total. The lowest BCUT2D eigenvalue weighted by Gasteiger charge is -2.32. The molecule has 2 aromatic carbocycles. The van der Waals surface area contributed by atoms with Crippen LogP contribution in [-0.4, -0.2) is 11.1 Å². The lowest BCUT2D eigenvalue weighted by Crippen LogP contribution is -2.30. The van der Waals surface area contributed by atoms with E-state index in [0.717, 1.165) is 5.56 Å². The van der Waals surface area contributed by atoms with Crippen LogP contribution in [0.5, 0.6) is 0 Å². The Bertz CT molecular complexity index is 883. The van der Waals surface area contributed by atoms with Gasteiger partial charge in [0.05, 0.1) is 5.56 Å². The predicted octanol–water partition coefficient (Wildman–Crippen LogP) is 6.07. The Morgan fingerprint density at radius 1 is 0.962 bits per heavy atom. The van der Waals surface area contributed by atoms with Crippen molar-refractivity contribution in [2.24, 2.45) is 5.92 Å². The van der Waals surface area contributed by atoms with E-state index in [-0.39, 0.29) is 10.8 Å². The third-order valence-electron chi connectivity index (χ3n) is 6.57. The van der Waals surface area contributed by atoms with Gasteiger partial charge in [-0.15, -0.1) is 0 Å². The molecule has 0 aliphatic heterocycles. The first-order valence-corrected chi connectivity index (χ1v) is 9.22. The van der Waals surface area contributed by atoms with E-state index in [1.165, 1.54) is 22.3 Å². The Balaban J connectivity index is 1.98. The molecule has 0 fully saturated rings. The minimum atomic E-state index is -0.894. The Morgan fingerprint density at radius 2 is 1.50 bits per heavy atom. The molecule has 26 heavy (non-hydrogen) atoms. The van der Waals surface area contributed by atoms with Crippen molar-refractivity contribution in [1.29, 1.82) is 0 Å². The van der Waals surface area contributed by atoms with Crippen molar-refractivity contribution in [2.45, 2.75) is 52.4 Å². The number of rotatable bonds is 3. The molecule has 1 atom stereocenters. The van der Waals surface area contributed by atoms with Gasteiger partial charge in [0.25, 0.3) is 0 Å². The molecule has 2 nitrogen and oxygen atoms in total. The lowest BCUT2D eigenvalue weighted by molar-refractivity contribution is 0.0697. The summed E-state index contributed by atoms with van der Waals surface area (Å²) in [5.41, 5.74) is 7.06. The van der Waals surface area contributed by atoms with Gasteiger partial charge >= 0.3 is 5.97 Å². The molecule has 0 saturated heterocycles. The number of hydrogen-bond acceptors (Lipinski definition) is 1. The third kappa shape index (κ3) is 2.88. The summed E-state index contributed by atoms with van der Waals surface area (Å²) >= 11 is 0. The van der Waals surface area contributed by atoms with Crippen LogP contribution in [0.25, 0.3) is 12.2 Å². The lowest BCUT2D eigenvalue weighted by atomic mass is 9.71. The summed E-state index contributed by atoms with van der Waals surface area (Å²) in [7, 11) is 0. The van der Waals surface area contributed by atoms with Gasteiger partial charge in [-0.3, -0.25) is 0 Å². The number of hydrogen-bond donors (Lipinski definition) is 1. The van der Waals surface area contributed by atoms with Gasteiger partial charge in [0.2, 0.25) is 0 Å². The summed E-state index contributed by atoms with van der Waals surface area (Å²) < 4.78 is 0. The SMILES string of the molecule is Cc1cc2c(cc1/C=C/c1ccc(C(=O)O)cc1)C(C)(C)C(C)C2(C)C. The largest absolute Gasteiger partial charge is 0.478 e. The monoisotopic (exact) mass is 348 g/mol. The Hall–Kier alpha value is -2.35. The van der Waals surface area contributed by atoms with Crippen molar-refractivity contribution in [3.8, 4) is 0 Å². The molecule has 2 heteroatoms. The number of carbonyl (C=O) groups is 1. The molecule has 0 heterocycles. The van der Waals surface area contributed by atoms with E-state index in [1.807, 2.05) is 12.1 Å². The zero-order valence-electron chi connectivity index (χ0n) is 16.6. The Labute approximate surface area is 156 Å². The first kappa shape index (κ1) is 18.4. The minimum Gasteiger partial charge on any atom is -0.478 e. The normalized spacial score (nSPS) is 20.3. The molecule has 3 rings (SSSR count). The quantitative estimate of drug-likeness (QED) is 0.684. The molecule has 0 radical (unpaired) electrons. The molecular weight excluding hydrogens is 320 g/mol. The fraction of sp³-hybridized carbons (Fsp3) is 0.375. The standard InChI is InChI=1S/C24H28O2/c1-15-13-20-21(24(5,6)16(2)23(20,3)4)14-19(15)12-9-17-7-10-18(11-8-17)22(25)26/h7-14,16H,1-6H3,(H,25,26)/b12-9+. The number of aromatic carboxylic acids is 1. The van der Waals surface area contributed by atoms with Gasteiger partial charge in [0, 0.05) is 0 Å². The van der Waals surface area contributed by atoms with Crippen molar-refractivity contribution >= 4 is 18.1 Å². The number of benzene rings is 2. The summed E-state index contributed by atoms with van der Waals surface area (Å²) in [6.45, 7) is 13.9. The summed E-state index contributed by atoms with van der Waals surface area (Å²) in [6, 6.07) is 11.7. The number of carboxylic acid groups (broad SMARTS) is 1. The zero-order valence-corrected chi connectivity index (χ0v) is 16.6. The second-order valence-electron chi connectivity index (χ2n) is 8.68. The van der Waals surface area contributed by atoms with Crippen LogP contribution in [0.15, 0.2) is 36.4 Å². The van der Waals surface area contributed by atoms with Gasteiger partial charge in [-0.1, -0.05) is 71.0 Å². The number of aryl methyl sites for hydroxylation is 1. The van der Waals surface area contributed by atoms with Crippen LogP contribution in [0.1, 0.15) is 72.8 Å². The molecule has 1 aliphatic carbocycles. The summed E-state index contributed by atoms with van der Waals surface area (Å²) in [4.78, 5) is 11.0. The van der Waals surface area contributed by atoms with Gasteiger partial charge < -0.3 is 5.11 Å². The highest BCUT2D eigenvalue weighted by atomic mass is 16.4. The zero-order chi connectivity index (χ0) is 19.3. The Kier molecular flexibility index (Phi) is 4.34. The van der Waals surface area contributed by atoms with Gasteiger partial charge in [-0.25, -0.2) is 4.79 Å². The van der Waals surface area contributed by atoms with Crippen LogP contribution in [0, 0.1) is 12.8 Å². The van der Waals surface area contributed by atoms with Crippen LogP contribution in [-0.2, 0) is 10.8 Å². The average Bonchev–Trinajstić information content (AvgIpc) is 2.71. The maximum Gasteiger partial charge on any atom is 0.335 e. The number of carboxylic acids is 1. The first-order valence-electron chi connectivity index (χ1n) is 9.22. The average molecular weight is 348 g/mol. The second-order valence-corrected chi connectivity index (χ2v) is 8.68. The fourth-order valence-electron chi connectivity index (χ4n) is 4.26. The van der Waals surface area contributed by atoms with Crippen molar-refractivity contribution in [1.82, 2.24) is 0 Å². The molecule has 2 aromatic rings. The van der Waals surface area contributed by atoms with Crippen molar-refractivity contribution < 1.29 is 9.90 Å². The maximum absolute atomic E-state index is 11.0. The van der Waals surface area contributed by atoms with E-state index in [0.29, 0.717) is 11.5 Å². The summed E-state index contributed by atoms with van der Waals surface area (Å²) in [5.74, 6) is -0.318. The van der Waals surface area contributed by atoms with Crippen molar-refractivity contribution in [3.05, 3.63) is 69.8 Å². The van der Waals surface area contributed by atoms with Gasteiger partial charge in [-0.2, -0.15) is 0 Å². The van der Waals surface area contributed by atoms with E-state index in [9.17, 15) is 4.79 Å². The summed E-state index contributed by atoms with van der Waals surface area (Å²) in [5, 5.41) is 9.00. The molecule has 0 bridgehead atoms. The van der Waals surface area contributed by atoms with Crippen molar-refractivity contribution in [3.63, 3.8) is 0 Å². The molecule has 0 aromatic heterocycles. The van der Waals surface area contributed by atoms with Gasteiger partial charge in [-0.05, 0) is 63.6 Å². The van der Waals surface area contributed by atoms with E-state index in [1.54, 1.807) is 12.1 Å². The fourth-order valence-corrected chi connectivity index (χ4v) is 4.26. The topological polar surface area (TPSA) is 37.3 Å². The highest BCUT2D eigenvalue weighted by molar-refractivity contribution is 5.88. The van der Waals surface area contributed by atoms with Gasteiger partial charge in [0.1, 0.15) is 0 Å². The number of fused-ring (bicyclic) bond motifs is 1. The van der Waals surface area contributed by atoms with Crippen LogP contribution < -0.4 is 0 Å². The van der Waals surface area contributed by atoms with E-state index in [4.69, 9.17) is 5.11 Å². The summed E-state index contributed by atoms with van der Waals surface area (Å²) in [6.07, 6.45) is 4.19. The molecule has 1 unspecified atom stereocenters. The molecule has 0 saturated carbocycles. The predicted molar refractivity (Wildman–Crippen MR) is 109 cm³/mol. The van der Waals surface area contributed by atoms with Crippen molar-refractivity contribution in [2.75, 3.05) is 0 Å². The molecule has 0 amide bonds.